The van der Waals surface area contributed by atoms with E-state index in [0.717, 1.165) is 21.3 Å². The third-order valence-corrected chi connectivity index (χ3v) is 3.75. The lowest BCUT2D eigenvalue weighted by molar-refractivity contribution is -0.114. The summed E-state index contributed by atoms with van der Waals surface area (Å²) in [6, 6.07) is 11.6. The Morgan fingerprint density at radius 2 is 1.91 bits per heavy atom. The van der Waals surface area contributed by atoms with Crippen LogP contribution in [0.3, 0.4) is 0 Å². The predicted octanol–water partition coefficient (Wildman–Crippen LogP) is 4.13. The van der Waals surface area contributed by atoms with Crippen molar-refractivity contribution >= 4 is 33.2 Å². The van der Waals surface area contributed by atoms with Crippen LogP contribution in [0, 0.1) is 13.8 Å². The average molecular weight is 363 g/mol. The normalized spacial score (nSPS) is 10.2. The highest BCUT2D eigenvalue weighted by molar-refractivity contribution is 9.10. The van der Waals surface area contributed by atoms with E-state index in [4.69, 9.17) is 4.74 Å². The van der Waals surface area contributed by atoms with Crippen LogP contribution in [0.15, 0.2) is 40.9 Å². The van der Waals surface area contributed by atoms with Gasteiger partial charge in [0.05, 0.1) is 19.3 Å². The molecule has 2 aromatic rings. The second-order valence-electron chi connectivity index (χ2n) is 5.06. The van der Waals surface area contributed by atoms with E-state index in [1.54, 1.807) is 7.11 Å². The van der Waals surface area contributed by atoms with Gasteiger partial charge in [-0.25, -0.2) is 0 Å². The molecule has 2 rings (SSSR count). The van der Waals surface area contributed by atoms with Crippen molar-refractivity contribution in [1.82, 2.24) is 0 Å². The summed E-state index contributed by atoms with van der Waals surface area (Å²) in [4.78, 5) is 12.1. The largest absolute Gasteiger partial charge is 0.495 e. The second-order valence-corrected chi connectivity index (χ2v) is 5.98. The Bertz CT molecular complexity index is 686. The van der Waals surface area contributed by atoms with Gasteiger partial charge in [0, 0.05) is 10.2 Å². The van der Waals surface area contributed by atoms with Gasteiger partial charge in [-0.2, -0.15) is 0 Å². The van der Waals surface area contributed by atoms with Crippen LogP contribution < -0.4 is 15.4 Å². The summed E-state index contributed by atoms with van der Waals surface area (Å²) in [6.07, 6.45) is 0. The zero-order valence-electron chi connectivity index (χ0n) is 12.9. The number of ether oxygens (including phenoxy) is 1. The van der Waals surface area contributed by atoms with Crippen LogP contribution in [-0.4, -0.2) is 19.6 Å². The highest BCUT2D eigenvalue weighted by Crippen LogP contribution is 2.25. The van der Waals surface area contributed by atoms with Crippen LogP contribution in [0.5, 0.6) is 5.75 Å². The summed E-state index contributed by atoms with van der Waals surface area (Å²) in [5, 5.41) is 6.01. The molecule has 116 valence electrons. The Morgan fingerprint density at radius 3 is 2.59 bits per heavy atom. The molecular weight excluding hydrogens is 344 g/mol. The predicted molar refractivity (Wildman–Crippen MR) is 93.7 cm³/mol. The zero-order valence-corrected chi connectivity index (χ0v) is 14.5. The number of rotatable bonds is 5. The van der Waals surface area contributed by atoms with E-state index < -0.39 is 0 Å². The van der Waals surface area contributed by atoms with Crippen molar-refractivity contribution < 1.29 is 9.53 Å². The number of methoxy groups -OCH3 is 1. The molecule has 0 aliphatic carbocycles. The number of hydrogen-bond acceptors (Lipinski definition) is 3. The number of anilines is 2. The number of carbonyl (C=O) groups excluding carboxylic acids is 1. The first kappa shape index (κ1) is 16.4. The van der Waals surface area contributed by atoms with E-state index in [9.17, 15) is 4.79 Å². The van der Waals surface area contributed by atoms with E-state index in [0.29, 0.717) is 11.4 Å². The van der Waals surface area contributed by atoms with Gasteiger partial charge in [-0.05, 0) is 55.3 Å². The van der Waals surface area contributed by atoms with E-state index in [1.165, 1.54) is 0 Å². The smallest absolute Gasteiger partial charge is 0.243 e. The third kappa shape index (κ3) is 4.24. The van der Waals surface area contributed by atoms with Gasteiger partial charge in [-0.1, -0.05) is 22.0 Å². The molecule has 5 heteroatoms. The number of aryl methyl sites for hydroxylation is 2. The quantitative estimate of drug-likeness (QED) is 0.840. The van der Waals surface area contributed by atoms with Crippen LogP contribution >= 0.6 is 15.9 Å². The molecule has 0 spiro atoms. The molecule has 4 nitrogen and oxygen atoms in total. The topological polar surface area (TPSA) is 50.4 Å². The molecule has 0 saturated carbocycles. The van der Waals surface area contributed by atoms with Crippen molar-refractivity contribution in [1.29, 1.82) is 0 Å². The van der Waals surface area contributed by atoms with Crippen molar-refractivity contribution in [2.75, 3.05) is 24.3 Å². The van der Waals surface area contributed by atoms with Crippen LogP contribution in [-0.2, 0) is 4.79 Å². The van der Waals surface area contributed by atoms with Gasteiger partial charge in [0.2, 0.25) is 5.91 Å². The fourth-order valence-electron chi connectivity index (χ4n) is 2.11. The van der Waals surface area contributed by atoms with Gasteiger partial charge in [-0.3, -0.25) is 4.79 Å². The van der Waals surface area contributed by atoms with Gasteiger partial charge in [0.1, 0.15) is 5.75 Å². The Labute approximate surface area is 139 Å². The SMILES string of the molecule is COc1ccc(C)cc1NC(=O)CNc1ccc(Br)cc1C. The maximum Gasteiger partial charge on any atom is 0.243 e. The second kappa shape index (κ2) is 7.31. The molecule has 0 aliphatic heterocycles. The minimum atomic E-state index is -0.119. The van der Waals surface area contributed by atoms with Gasteiger partial charge in [0.15, 0.2) is 0 Å². The minimum absolute atomic E-state index is 0.119. The first-order valence-electron chi connectivity index (χ1n) is 6.94. The lowest BCUT2D eigenvalue weighted by atomic mass is 10.2. The van der Waals surface area contributed by atoms with E-state index in [1.807, 2.05) is 50.2 Å². The molecule has 0 radical (unpaired) electrons. The molecule has 0 unspecified atom stereocenters. The maximum atomic E-state index is 12.1. The molecule has 0 heterocycles. The standard InChI is InChI=1S/C17H19BrN2O2/c1-11-4-7-16(22-3)15(8-11)20-17(21)10-19-14-6-5-13(18)9-12(14)2/h4-9,19H,10H2,1-3H3,(H,20,21). The van der Waals surface area contributed by atoms with Crippen LogP contribution in [0.1, 0.15) is 11.1 Å². The molecule has 0 aromatic heterocycles. The fourth-order valence-corrected chi connectivity index (χ4v) is 2.59. The number of benzene rings is 2. The average Bonchev–Trinajstić information content (AvgIpc) is 2.46. The van der Waals surface area contributed by atoms with E-state index in [2.05, 4.69) is 26.6 Å². The Kier molecular flexibility index (Phi) is 5.44. The van der Waals surface area contributed by atoms with Crippen LogP contribution in [0.2, 0.25) is 0 Å². The van der Waals surface area contributed by atoms with Gasteiger partial charge < -0.3 is 15.4 Å². The van der Waals surface area contributed by atoms with Gasteiger partial charge >= 0.3 is 0 Å². The van der Waals surface area contributed by atoms with Crippen molar-refractivity contribution in [2.45, 2.75) is 13.8 Å². The van der Waals surface area contributed by atoms with Crippen LogP contribution in [0.4, 0.5) is 11.4 Å². The summed E-state index contributed by atoms with van der Waals surface area (Å²) in [6.45, 7) is 4.16. The van der Waals surface area contributed by atoms with Gasteiger partial charge in [-0.15, -0.1) is 0 Å². The first-order chi connectivity index (χ1) is 10.5. The lowest BCUT2D eigenvalue weighted by Crippen LogP contribution is -2.22. The van der Waals surface area contributed by atoms with E-state index >= 15 is 0 Å². The number of carbonyl (C=O) groups is 1. The number of halogens is 1. The number of amides is 1. The molecule has 1 amide bonds. The molecule has 0 atom stereocenters. The van der Waals surface area contributed by atoms with Crippen molar-refractivity contribution in [2.24, 2.45) is 0 Å². The first-order valence-corrected chi connectivity index (χ1v) is 7.73. The fraction of sp³-hybridized carbons (Fsp3) is 0.235. The molecule has 0 fully saturated rings. The summed E-state index contributed by atoms with van der Waals surface area (Å²) in [5.74, 6) is 0.532. The van der Waals surface area contributed by atoms with Gasteiger partial charge in [0.25, 0.3) is 0 Å². The molecular formula is C17H19BrN2O2. The van der Waals surface area contributed by atoms with Crippen molar-refractivity contribution in [3.05, 3.63) is 52.0 Å². The zero-order chi connectivity index (χ0) is 16.1. The monoisotopic (exact) mass is 362 g/mol. The minimum Gasteiger partial charge on any atom is -0.495 e. The Morgan fingerprint density at radius 1 is 1.14 bits per heavy atom. The van der Waals surface area contributed by atoms with Crippen LogP contribution in [0.25, 0.3) is 0 Å². The summed E-state index contributed by atoms with van der Waals surface area (Å²) in [7, 11) is 1.59. The van der Waals surface area contributed by atoms with E-state index in [-0.39, 0.29) is 12.5 Å². The third-order valence-electron chi connectivity index (χ3n) is 3.26. The molecule has 0 aliphatic rings. The molecule has 22 heavy (non-hydrogen) atoms. The number of hydrogen-bond donors (Lipinski definition) is 2. The van der Waals surface area contributed by atoms with Crippen molar-refractivity contribution in [3.8, 4) is 5.75 Å². The van der Waals surface area contributed by atoms with Crippen molar-refractivity contribution in [3.63, 3.8) is 0 Å². The Balaban J connectivity index is 2.00. The summed E-state index contributed by atoms with van der Waals surface area (Å²) >= 11 is 3.42. The highest BCUT2D eigenvalue weighted by Gasteiger charge is 2.08. The molecule has 2 N–H and O–H groups in total. The Hall–Kier alpha value is -2.01. The molecule has 0 saturated heterocycles. The number of nitrogens with one attached hydrogen (secondary N) is 2. The summed E-state index contributed by atoms with van der Waals surface area (Å²) in [5.41, 5.74) is 3.76. The molecule has 2 aromatic carbocycles. The lowest BCUT2D eigenvalue weighted by Gasteiger charge is -2.13. The highest BCUT2D eigenvalue weighted by atomic mass is 79.9. The molecule has 0 bridgehead atoms. The maximum absolute atomic E-state index is 12.1. The summed E-state index contributed by atoms with van der Waals surface area (Å²) < 4.78 is 6.27.